The first-order chi connectivity index (χ1) is 15.8. The molecule has 35 heavy (non-hydrogen) atoms. The summed E-state index contributed by atoms with van der Waals surface area (Å²) in [6, 6.07) is 15.2. The number of nitrogen functional groups attached to an aromatic ring is 1. The number of anilines is 1. The molecule has 0 bridgehead atoms. The van der Waals surface area contributed by atoms with E-state index in [1.165, 1.54) is 6.07 Å². The fourth-order valence-electron chi connectivity index (χ4n) is 4.10. The highest BCUT2D eigenvalue weighted by atomic mass is 32.1. The Morgan fingerprint density at radius 3 is 2.37 bits per heavy atom. The monoisotopic (exact) mass is 505 g/mol. The molecule has 0 aliphatic carbocycles. The number of rotatable bonds is 4. The van der Waals surface area contributed by atoms with E-state index in [0.717, 1.165) is 53.2 Å². The van der Waals surface area contributed by atoms with Crippen molar-refractivity contribution < 1.29 is 18.6 Å². The maximum atomic E-state index is 12.4. The Hall–Kier alpha value is -3.18. The molecule has 2 aromatic carbocycles. The Balaban J connectivity index is 0. The lowest BCUT2D eigenvalue weighted by Gasteiger charge is -2.27. The summed E-state index contributed by atoms with van der Waals surface area (Å²) in [5, 5.41) is 3.30. The first kappa shape index (κ1) is 29.9. The first-order valence-electron chi connectivity index (χ1n) is 11.0. The van der Waals surface area contributed by atoms with Crippen LogP contribution in [-0.2, 0) is 0 Å². The van der Waals surface area contributed by atoms with Crippen LogP contribution in [0.2, 0.25) is 0 Å². The van der Waals surface area contributed by atoms with Crippen molar-refractivity contribution in [3.63, 3.8) is 0 Å². The molecule has 1 saturated heterocycles. The number of carbonyl (C=O) groups is 1. The number of aryl methyl sites for hydroxylation is 2. The Morgan fingerprint density at radius 2 is 1.83 bits per heavy atom. The second-order valence-corrected chi connectivity index (χ2v) is 8.59. The van der Waals surface area contributed by atoms with E-state index in [9.17, 15) is 9.59 Å². The van der Waals surface area contributed by atoms with E-state index < -0.39 is 0 Å². The summed E-state index contributed by atoms with van der Waals surface area (Å²) in [6.07, 6.45) is 1.04. The Bertz CT molecular complexity index is 1170. The van der Waals surface area contributed by atoms with Crippen molar-refractivity contribution in [2.75, 3.05) is 25.4 Å². The molecule has 1 aromatic heterocycles. The van der Waals surface area contributed by atoms with Crippen molar-refractivity contribution in [3.05, 3.63) is 75.6 Å². The van der Waals surface area contributed by atoms with Crippen LogP contribution in [0, 0.1) is 13.8 Å². The van der Waals surface area contributed by atoms with Crippen LogP contribution in [0.5, 0.6) is 0 Å². The van der Waals surface area contributed by atoms with Gasteiger partial charge in [0.2, 0.25) is 5.95 Å². The molecule has 0 saturated carbocycles. The fraction of sp³-hybridized carbons (Fsp3) is 0.320. The zero-order chi connectivity index (χ0) is 24.0. The lowest BCUT2D eigenvalue weighted by atomic mass is 10.00. The average molecular weight is 506 g/mol. The second-order valence-electron chi connectivity index (χ2n) is 8.07. The van der Waals surface area contributed by atoms with E-state index in [1.54, 1.807) is 0 Å². The summed E-state index contributed by atoms with van der Waals surface area (Å²) < 4.78 is 0. The smallest absolute Gasteiger partial charge is 0.254 e. The zero-order valence-electron chi connectivity index (χ0n) is 20.3. The van der Waals surface area contributed by atoms with Gasteiger partial charge in [0.15, 0.2) is 0 Å². The fourth-order valence-corrected chi connectivity index (χ4v) is 4.33. The number of aromatic nitrogens is 2. The van der Waals surface area contributed by atoms with E-state index in [-0.39, 0.29) is 31.2 Å². The Labute approximate surface area is 213 Å². The van der Waals surface area contributed by atoms with Gasteiger partial charge >= 0.3 is 0 Å². The first-order valence-corrected chi connectivity index (χ1v) is 11.5. The molecule has 1 atom stereocenters. The van der Waals surface area contributed by atoms with Gasteiger partial charge < -0.3 is 26.9 Å². The quantitative estimate of drug-likeness (QED) is 0.398. The number of likely N-dealkylation sites (N-methyl/N-ethyl adjacent to an activating group) is 1. The lowest BCUT2D eigenvalue weighted by molar-refractivity contribution is 0.0703. The highest BCUT2D eigenvalue weighted by Gasteiger charge is 2.25. The third-order valence-electron chi connectivity index (χ3n) is 5.67. The highest BCUT2D eigenvalue weighted by molar-refractivity contribution is 7.80. The van der Waals surface area contributed by atoms with Gasteiger partial charge in [0, 0.05) is 44.1 Å². The van der Waals surface area contributed by atoms with Crippen LogP contribution in [-0.4, -0.2) is 57.4 Å². The molecule has 10 heteroatoms. The maximum Gasteiger partial charge on any atom is 0.254 e. The molecule has 194 valence electrons. The third-order valence-corrected chi connectivity index (χ3v) is 5.95. The van der Waals surface area contributed by atoms with Gasteiger partial charge in [-0.15, -0.1) is 12.6 Å². The molecular weight excluding hydrogens is 466 g/mol. The molecule has 0 unspecified atom stereocenters. The Morgan fingerprint density at radius 1 is 1.17 bits per heavy atom. The Kier molecular flexibility index (Phi) is 11.6. The number of H-pyrrole nitrogens is 1. The number of hydrogen-bond donors (Lipinski definition) is 4. The van der Waals surface area contributed by atoms with Gasteiger partial charge in [0.05, 0.1) is 5.69 Å². The van der Waals surface area contributed by atoms with Gasteiger partial charge in [-0.2, -0.15) is 0 Å². The van der Waals surface area contributed by atoms with Crippen molar-refractivity contribution in [2.24, 2.45) is 0 Å². The standard InChI is InChI=1S/C13H18N2OS.C12H13N3O.2H2O.2H2/c1-2-15(11-6-7-14-9-11)13(16)10-4-3-5-12(17)8-10;1-7-4-3-5-8(2)11(7)9-6-10(16)15-12(13)14-9;;;;/h3-5,8,11,14,17H,2,6-7,9H2,1H3;3-6H,1-2H3,(H3,13,14,15,16);2*1H2;2*1H/t11-;;;;;/m0...../s1. The number of nitrogens with one attached hydrogen (secondary N) is 2. The third kappa shape index (κ3) is 7.66. The number of benzene rings is 2. The van der Waals surface area contributed by atoms with Gasteiger partial charge in [0.1, 0.15) is 0 Å². The highest BCUT2D eigenvalue weighted by Crippen LogP contribution is 2.24. The summed E-state index contributed by atoms with van der Waals surface area (Å²) in [4.78, 5) is 33.1. The normalized spacial score (nSPS) is 14.1. The van der Waals surface area contributed by atoms with Crippen LogP contribution >= 0.6 is 12.6 Å². The van der Waals surface area contributed by atoms with E-state index >= 15 is 0 Å². The molecule has 0 spiro atoms. The lowest BCUT2D eigenvalue weighted by Crippen LogP contribution is -2.41. The number of nitrogens with two attached hydrogens (primary N) is 1. The SMILES string of the molecule is CCN(C(=O)c1cccc(S)c1)[C@H]1CCNC1.Cc1cccc(C)c1-c1cc(=O)[nH]c(N)n1.O.O.[HH].[HH]. The molecular formula is C25H39N5O4S. The molecule has 3 aromatic rings. The minimum absolute atomic E-state index is 0. The summed E-state index contributed by atoms with van der Waals surface area (Å²) in [7, 11) is 0. The summed E-state index contributed by atoms with van der Waals surface area (Å²) in [6.45, 7) is 8.66. The minimum Gasteiger partial charge on any atom is -0.412 e. The van der Waals surface area contributed by atoms with Gasteiger partial charge in [0.25, 0.3) is 11.5 Å². The topological polar surface area (TPSA) is 167 Å². The van der Waals surface area contributed by atoms with Crippen LogP contribution in [0.3, 0.4) is 0 Å². The number of carbonyl (C=O) groups excluding carboxylic acids is 1. The van der Waals surface area contributed by atoms with Crippen molar-refractivity contribution in [3.8, 4) is 11.3 Å². The maximum absolute atomic E-state index is 12.4. The molecule has 1 aliphatic rings. The average Bonchev–Trinajstić information content (AvgIpc) is 3.28. The van der Waals surface area contributed by atoms with Crippen molar-refractivity contribution >= 4 is 24.5 Å². The summed E-state index contributed by atoms with van der Waals surface area (Å²) in [5.74, 6) is 0.252. The molecule has 8 N–H and O–H groups in total. The minimum atomic E-state index is -0.231. The molecule has 1 amide bonds. The zero-order valence-corrected chi connectivity index (χ0v) is 21.2. The molecule has 9 nitrogen and oxygen atoms in total. The number of hydrogen-bond acceptors (Lipinski definition) is 6. The molecule has 4 rings (SSSR count). The number of nitrogens with zero attached hydrogens (tertiary/aromatic N) is 2. The van der Waals surface area contributed by atoms with Gasteiger partial charge in [-0.25, -0.2) is 4.98 Å². The van der Waals surface area contributed by atoms with Crippen molar-refractivity contribution in [1.29, 1.82) is 0 Å². The van der Waals surface area contributed by atoms with Crippen LogP contribution < -0.4 is 16.6 Å². The predicted octanol–water partition coefficient (Wildman–Crippen LogP) is 2.28. The van der Waals surface area contributed by atoms with Crippen LogP contribution in [0.15, 0.2) is 58.2 Å². The second kappa shape index (κ2) is 13.6. The van der Waals surface area contributed by atoms with Gasteiger partial charge in [-0.05, 0) is 63.1 Å². The predicted molar refractivity (Wildman–Crippen MR) is 147 cm³/mol. The molecule has 1 fully saturated rings. The van der Waals surface area contributed by atoms with Gasteiger partial charge in [-0.3, -0.25) is 14.6 Å². The molecule has 1 aliphatic heterocycles. The molecule has 0 radical (unpaired) electrons. The van der Waals surface area contributed by atoms with Crippen molar-refractivity contribution in [2.45, 2.75) is 38.1 Å². The van der Waals surface area contributed by atoms with E-state index in [1.807, 2.05) is 68.1 Å². The number of amides is 1. The van der Waals surface area contributed by atoms with E-state index in [4.69, 9.17) is 5.73 Å². The van der Waals surface area contributed by atoms with Crippen LogP contribution in [0.25, 0.3) is 11.3 Å². The van der Waals surface area contributed by atoms with E-state index in [0.29, 0.717) is 11.7 Å². The van der Waals surface area contributed by atoms with Gasteiger partial charge in [-0.1, -0.05) is 24.3 Å². The summed E-state index contributed by atoms with van der Waals surface area (Å²) in [5.41, 5.74) is 9.78. The number of aromatic amines is 1. The van der Waals surface area contributed by atoms with Crippen LogP contribution in [0.1, 0.15) is 37.7 Å². The van der Waals surface area contributed by atoms with Crippen LogP contribution in [0.4, 0.5) is 5.95 Å². The molecule has 2 heterocycles. The van der Waals surface area contributed by atoms with Crippen molar-refractivity contribution in [1.82, 2.24) is 20.2 Å². The number of thiol groups is 1. The van der Waals surface area contributed by atoms with E-state index in [2.05, 4.69) is 27.9 Å². The summed E-state index contributed by atoms with van der Waals surface area (Å²) >= 11 is 4.27. The largest absolute Gasteiger partial charge is 0.412 e.